The van der Waals surface area contributed by atoms with Crippen LogP contribution in [0.3, 0.4) is 0 Å². The lowest BCUT2D eigenvalue weighted by Crippen LogP contribution is -2.53. The third kappa shape index (κ3) is 7.29. The quantitative estimate of drug-likeness (QED) is 0.512. The first-order valence-corrected chi connectivity index (χ1v) is 11.1. The van der Waals surface area contributed by atoms with E-state index in [9.17, 15) is 4.79 Å². The lowest BCUT2D eigenvalue weighted by molar-refractivity contribution is 0.0322. The van der Waals surface area contributed by atoms with E-state index in [1.807, 2.05) is 19.1 Å². The summed E-state index contributed by atoms with van der Waals surface area (Å²) in [6, 6.07) is 8.15. The summed E-state index contributed by atoms with van der Waals surface area (Å²) >= 11 is 0. The number of carbonyl (C=O) groups is 1. The Balaban J connectivity index is 1.42. The van der Waals surface area contributed by atoms with E-state index < -0.39 is 0 Å². The van der Waals surface area contributed by atoms with Gasteiger partial charge in [0.2, 0.25) is 0 Å². The van der Waals surface area contributed by atoms with Gasteiger partial charge in [-0.15, -0.1) is 0 Å². The van der Waals surface area contributed by atoms with Gasteiger partial charge in [0.15, 0.2) is 5.96 Å². The molecule has 2 fully saturated rings. The average Bonchev–Trinajstić information content (AvgIpc) is 2.81. The van der Waals surface area contributed by atoms with Gasteiger partial charge in [-0.2, -0.15) is 0 Å². The number of benzene rings is 1. The van der Waals surface area contributed by atoms with Gasteiger partial charge in [-0.25, -0.2) is 4.79 Å². The number of amides is 1. The highest BCUT2D eigenvalue weighted by atomic mass is 16.6. The van der Waals surface area contributed by atoms with Gasteiger partial charge < -0.3 is 29.3 Å². The molecule has 0 atom stereocenters. The second kappa shape index (κ2) is 12.4. The number of hydrogen-bond acceptors (Lipinski definition) is 6. The summed E-state index contributed by atoms with van der Waals surface area (Å²) in [5, 5.41) is 3.42. The minimum absolute atomic E-state index is 0.240. The van der Waals surface area contributed by atoms with E-state index >= 15 is 0 Å². The van der Waals surface area contributed by atoms with Gasteiger partial charge in [-0.05, 0) is 24.6 Å². The van der Waals surface area contributed by atoms with Crippen molar-refractivity contribution in [1.82, 2.24) is 20.0 Å². The van der Waals surface area contributed by atoms with Crippen LogP contribution in [0.5, 0.6) is 5.75 Å². The molecule has 0 saturated carbocycles. The topological polar surface area (TPSA) is 78.9 Å². The van der Waals surface area contributed by atoms with E-state index in [-0.39, 0.29) is 6.09 Å². The molecule has 0 radical (unpaired) electrons. The van der Waals surface area contributed by atoms with Crippen LogP contribution >= 0.6 is 0 Å². The van der Waals surface area contributed by atoms with Crippen molar-refractivity contribution in [2.24, 2.45) is 4.99 Å². The molecule has 2 heterocycles. The monoisotopic (exact) mass is 433 g/mol. The Hall–Kier alpha value is -2.52. The van der Waals surface area contributed by atoms with E-state index in [1.54, 1.807) is 11.9 Å². The third-order valence-corrected chi connectivity index (χ3v) is 5.45. The Kier molecular flexibility index (Phi) is 9.23. The van der Waals surface area contributed by atoms with Crippen molar-refractivity contribution in [3.05, 3.63) is 29.8 Å². The second-order valence-electron chi connectivity index (χ2n) is 7.52. The molecule has 2 saturated heterocycles. The van der Waals surface area contributed by atoms with Gasteiger partial charge in [-0.1, -0.05) is 12.1 Å². The number of nitrogens with zero attached hydrogens (tertiary/aromatic N) is 4. The molecule has 2 aliphatic heterocycles. The smallest absolute Gasteiger partial charge is 0.409 e. The summed E-state index contributed by atoms with van der Waals surface area (Å²) in [6.07, 6.45) is -0.240. The Morgan fingerprint density at radius 2 is 1.87 bits per heavy atom. The van der Waals surface area contributed by atoms with Crippen LogP contribution in [-0.4, -0.2) is 106 Å². The molecule has 2 aliphatic rings. The van der Waals surface area contributed by atoms with Crippen molar-refractivity contribution in [2.45, 2.75) is 13.5 Å². The molecular weight excluding hydrogens is 398 g/mol. The van der Waals surface area contributed by atoms with Crippen molar-refractivity contribution in [3.63, 3.8) is 0 Å². The standard InChI is InChI=1S/C22H35N5O4/c1-3-30-22(28)27-9-7-26(8-10-27)21(23-2)24-18-19-5-4-6-20(17-19)31-16-13-25-11-14-29-15-12-25/h4-6,17H,3,7-16,18H2,1-2H3,(H,23,24). The number of rotatable bonds is 7. The average molecular weight is 434 g/mol. The van der Waals surface area contributed by atoms with E-state index in [0.717, 1.165) is 63.2 Å². The van der Waals surface area contributed by atoms with Crippen molar-refractivity contribution in [3.8, 4) is 5.75 Å². The number of aliphatic imine (C=N–C) groups is 1. The SMILES string of the molecule is CCOC(=O)N1CCN(C(=NC)NCc2cccc(OCCN3CCOCC3)c2)CC1. The lowest BCUT2D eigenvalue weighted by Gasteiger charge is -2.35. The highest BCUT2D eigenvalue weighted by molar-refractivity contribution is 5.80. The fraction of sp³-hybridized carbons (Fsp3) is 0.636. The normalized spacial score (nSPS) is 18.1. The molecule has 31 heavy (non-hydrogen) atoms. The first kappa shape index (κ1) is 23.1. The zero-order valence-corrected chi connectivity index (χ0v) is 18.7. The maximum Gasteiger partial charge on any atom is 0.409 e. The number of carbonyl (C=O) groups excluding carboxylic acids is 1. The maximum absolute atomic E-state index is 11.9. The molecule has 0 unspecified atom stereocenters. The predicted molar refractivity (Wildman–Crippen MR) is 120 cm³/mol. The summed E-state index contributed by atoms with van der Waals surface area (Å²) in [4.78, 5) is 22.5. The van der Waals surface area contributed by atoms with Gasteiger partial charge in [0.05, 0.1) is 19.8 Å². The molecule has 1 N–H and O–H groups in total. The molecule has 0 spiro atoms. The van der Waals surface area contributed by atoms with Crippen LogP contribution in [0.4, 0.5) is 4.79 Å². The fourth-order valence-corrected chi connectivity index (χ4v) is 3.69. The van der Waals surface area contributed by atoms with Crippen molar-refractivity contribution < 1.29 is 19.0 Å². The predicted octanol–water partition coefficient (Wildman–Crippen LogP) is 1.25. The van der Waals surface area contributed by atoms with Crippen LogP contribution in [0.2, 0.25) is 0 Å². The van der Waals surface area contributed by atoms with Crippen LogP contribution in [0.25, 0.3) is 0 Å². The Labute approximate surface area is 184 Å². The van der Waals surface area contributed by atoms with Crippen LogP contribution in [0.15, 0.2) is 29.3 Å². The molecule has 172 valence electrons. The molecule has 0 aliphatic carbocycles. The van der Waals surface area contributed by atoms with Crippen LogP contribution in [0, 0.1) is 0 Å². The summed E-state index contributed by atoms with van der Waals surface area (Å²) in [6.45, 7) is 10.7. The zero-order valence-electron chi connectivity index (χ0n) is 18.7. The Morgan fingerprint density at radius 3 is 2.58 bits per heavy atom. The minimum atomic E-state index is -0.240. The summed E-state index contributed by atoms with van der Waals surface area (Å²) in [5.74, 6) is 1.72. The van der Waals surface area contributed by atoms with Crippen molar-refractivity contribution in [2.75, 3.05) is 79.3 Å². The summed E-state index contributed by atoms with van der Waals surface area (Å²) < 4.78 is 16.4. The molecule has 9 nitrogen and oxygen atoms in total. The third-order valence-electron chi connectivity index (χ3n) is 5.45. The number of hydrogen-bond donors (Lipinski definition) is 1. The highest BCUT2D eigenvalue weighted by Crippen LogP contribution is 2.14. The van der Waals surface area contributed by atoms with E-state index in [4.69, 9.17) is 14.2 Å². The van der Waals surface area contributed by atoms with Crippen LogP contribution < -0.4 is 10.1 Å². The minimum Gasteiger partial charge on any atom is -0.492 e. The first-order chi connectivity index (χ1) is 15.2. The number of ether oxygens (including phenoxy) is 3. The summed E-state index contributed by atoms with van der Waals surface area (Å²) in [7, 11) is 1.78. The van der Waals surface area contributed by atoms with Crippen LogP contribution in [0.1, 0.15) is 12.5 Å². The fourth-order valence-electron chi connectivity index (χ4n) is 3.69. The Morgan fingerprint density at radius 1 is 1.13 bits per heavy atom. The van der Waals surface area contributed by atoms with Crippen LogP contribution in [-0.2, 0) is 16.0 Å². The number of morpholine rings is 1. The maximum atomic E-state index is 11.9. The molecule has 0 aromatic heterocycles. The van der Waals surface area contributed by atoms with Gasteiger partial charge >= 0.3 is 6.09 Å². The van der Waals surface area contributed by atoms with Crippen molar-refractivity contribution >= 4 is 12.1 Å². The van der Waals surface area contributed by atoms with Gasteiger partial charge in [0.25, 0.3) is 0 Å². The molecule has 1 amide bonds. The Bertz CT molecular complexity index is 716. The van der Waals surface area contributed by atoms with Gasteiger partial charge in [0, 0.05) is 59.4 Å². The largest absolute Gasteiger partial charge is 0.492 e. The molecule has 1 aromatic rings. The highest BCUT2D eigenvalue weighted by Gasteiger charge is 2.23. The first-order valence-electron chi connectivity index (χ1n) is 11.1. The van der Waals surface area contributed by atoms with Gasteiger partial charge in [-0.3, -0.25) is 9.89 Å². The molecule has 9 heteroatoms. The van der Waals surface area contributed by atoms with Gasteiger partial charge in [0.1, 0.15) is 12.4 Å². The molecule has 3 rings (SSSR count). The number of piperazine rings is 1. The number of nitrogens with one attached hydrogen (secondary N) is 1. The van der Waals surface area contributed by atoms with E-state index in [1.165, 1.54) is 0 Å². The lowest BCUT2D eigenvalue weighted by atomic mass is 10.2. The molecule has 1 aromatic carbocycles. The molecule has 0 bridgehead atoms. The summed E-state index contributed by atoms with van der Waals surface area (Å²) in [5.41, 5.74) is 1.13. The number of guanidine groups is 1. The zero-order chi connectivity index (χ0) is 21.9. The van der Waals surface area contributed by atoms with Crippen molar-refractivity contribution in [1.29, 1.82) is 0 Å². The van der Waals surface area contributed by atoms with E-state index in [0.29, 0.717) is 32.8 Å². The van der Waals surface area contributed by atoms with E-state index in [2.05, 4.69) is 32.2 Å². The molecular formula is C22H35N5O4. The second-order valence-corrected chi connectivity index (χ2v) is 7.52.